The number of aromatic nitrogens is 2. The maximum Gasteiger partial charge on any atom is 0.0456 e. The summed E-state index contributed by atoms with van der Waals surface area (Å²) in [5.41, 5.74) is 10.3. The number of para-hydroxylation sites is 1. The molecule has 1 unspecified atom stereocenters. The van der Waals surface area contributed by atoms with E-state index in [1.54, 1.807) is 0 Å². The first kappa shape index (κ1) is 21.3. The summed E-state index contributed by atoms with van der Waals surface area (Å²) in [6.45, 7) is 3.07. The standard InChI is InChI=1S/C24H28N4.ClH/c1-17(27-14-18-6-7-20-15-26-11-10-19(20)13-18)12-22(25)9-8-21-16-28-24-5-3-2-4-23(21)24;/h2-7,10-11,13,15-17,22,27-28H,8-9,12,14,25H2,1H3;1H/t17-,22?;/m1./s1. The molecule has 5 heteroatoms. The van der Waals surface area contributed by atoms with Crippen molar-refractivity contribution < 1.29 is 0 Å². The fourth-order valence-electron chi connectivity index (χ4n) is 3.87. The highest BCUT2D eigenvalue weighted by molar-refractivity contribution is 5.85. The third-order valence-corrected chi connectivity index (χ3v) is 5.48. The van der Waals surface area contributed by atoms with Gasteiger partial charge < -0.3 is 16.0 Å². The van der Waals surface area contributed by atoms with Crippen LogP contribution in [0.3, 0.4) is 0 Å². The van der Waals surface area contributed by atoms with Crippen molar-refractivity contribution >= 4 is 34.1 Å². The van der Waals surface area contributed by atoms with Crippen LogP contribution in [0.25, 0.3) is 21.7 Å². The van der Waals surface area contributed by atoms with Crippen LogP contribution in [0.5, 0.6) is 0 Å². The minimum absolute atomic E-state index is 0. The number of halogens is 1. The Kier molecular flexibility index (Phi) is 7.26. The SMILES string of the molecule is C[C@H](CC(N)CCc1c[nH]c2ccccc12)NCc1ccc2cnccc2c1.Cl. The normalized spacial score (nSPS) is 13.3. The monoisotopic (exact) mass is 408 g/mol. The van der Waals surface area contributed by atoms with Gasteiger partial charge in [0.25, 0.3) is 0 Å². The molecule has 4 aromatic rings. The van der Waals surface area contributed by atoms with Crippen LogP contribution in [0.1, 0.15) is 30.9 Å². The number of pyridine rings is 1. The largest absolute Gasteiger partial charge is 0.361 e. The third kappa shape index (κ3) is 5.36. The predicted molar refractivity (Wildman–Crippen MR) is 125 cm³/mol. The second kappa shape index (κ2) is 9.88. The number of hydrogen-bond donors (Lipinski definition) is 3. The molecule has 2 heterocycles. The molecule has 2 atom stereocenters. The van der Waals surface area contributed by atoms with Crippen molar-refractivity contribution in [3.05, 3.63) is 78.2 Å². The summed E-state index contributed by atoms with van der Waals surface area (Å²) < 4.78 is 0. The van der Waals surface area contributed by atoms with Crippen molar-refractivity contribution in [1.82, 2.24) is 15.3 Å². The number of rotatable bonds is 8. The topological polar surface area (TPSA) is 66.7 Å². The van der Waals surface area contributed by atoms with E-state index in [4.69, 9.17) is 5.73 Å². The Morgan fingerprint density at radius 1 is 1.10 bits per heavy atom. The lowest BCUT2D eigenvalue weighted by molar-refractivity contribution is 0.447. The van der Waals surface area contributed by atoms with E-state index < -0.39 is 0 Å². The van der Waals surface area contributed by atoms with Crippen molar-refractivity contribution in [3.63, 3.8) is 0 Å². The minimum Gasteiger partial charge on any atom is -0.361 e. The Hall–Kier alpha value is -2.40. The highest BCUT2D eigenvalue weighted by Crippen LogP contribution is 2.20. The van der Waals surface area contributed by atoms with Crippen molar-refractivity contribution in [2.24, 2.45) is 5.73 Å². The molecule has 0 radical (unpaired) electrons. The van der Waals surface area contributed by atoms with Crippen LogP contribution >= 0.6 is 12.4 Å². The minimum atomic E-state index is 0. The summed E-state index contributed by atoms with van der Waals surface area (Å²) in [5.74, 6) is 0. The zero-order valence-electron chi connectivity index (χ0n) is 16.8. The van der Waals surface area contributed by atoms with E-state index >= 15 is 0 Å². The smallest absolute Gasteiger partial charge is 0.0456 e. The number of aryl methyl sites for hydroxylation is 1. The van der Waals surface area contributed by atoms with Gasteiger partial charge in [-0.3, -0.25) is 4.98 Å². The van der Waals surface area contributed by atoms with E-state index in [2.05, 4.69) is 76.9 Å². The van der Waals surface area contributed by atoms with Gasteiger partial charge in [-0.15, -0.1) is 12.4 Å². The molecular weight excluding hydrogens is 380 g/mol. The van der Waals surface area contributed by atoms with Gasteiger partial charge in [-0.05, 0) is 60.9 Å². The molecule has 0 aliphatic heterocycles. The average molecular weight is 409 g/mol. The molecule has 0 bridgehead atoms. The number of fused-ring (bicyclic) bond motifs is 2. The predicted octanol–water partition coefficient (Wildman–Crippen LogP) is 4.97. The maximum atomic E-state index is 6.42. The Bertz CT molecular complexity index is 1060. The molecule has 152 valence electrons. The third-order valence-electron chi connectivity index (χ3n) is 5.48. The quantitative estimate of drug-likeness (QED) is 0.385. The molecule has 29 heavy (non-hydrogen) atoms. The van der Waals surface area contributed by atoms with Crippen molar-refractivity contribution in [2.75, 3.05) is 0 Å². The Morgan fingerprint density at radius 2 is 1.97 bits per heavy atom. The van der Waals surface area contributed by atoms with Gasteiger partial charge in [-0.25, -0.2) is 0 Å². The van der Waals surface area contributed by atoms with Crippen LogP contribution in [0, 0.1) is 0 Å². The Labute approximate surface area is 178 Å². The highest BCUT2D eigenvalue weighted by Gasteiger charge is 2.11. The van der Waals surface area contributed by atoms with Gasteiger partial charge >= 0.3 is 0 Å². The van der Waals surface area contributed by atoms with Gasteiger partial charge in [-0.1, -0.05) is 30.3 Å². The van der Waals surface area contributed by atoms with E-state index in [1.807, 2.05) is 12.4 Å². The molecule has 4 nitrogen and oxygen atoms in total. The molecule has 2 aromatic carbocycles. The van der Waals surface area contributed by atoms with Crippen LogP contribution in [0.4, 0.5) is 0 Å². The summed E-state index contributed by atoms with van der Waals surface area (Å²) in [6.07, 6.45) is 8.85. The summed E-state index contributed by atoms with van der Waals surface area (Å²) in [5, 5.41) is 7.34. The zero-order chi connectivity index (χ0) is 19.3. The number of nitrogens with two attached hydrogens (primary N) is 1. The first-order chi connectivity index (χ1) is 13.7. The number of H-pyrrole nitrogens is 1. The number of nitrogens with one attached hydrogen (secondary N) is 2. The first-order valence-corrected chi connectivity index (χ1v) is 10.1. The van der Waals surface area contributed by atoms with Gasteiger partial charge in [0.2, 0.25) is 0 Å². The van der Waals surface area contributed by atoms with Crippen LogP contribution in [0.15, 0.2) is 67.1 Å². The molecule has 0 aliphatic rings. The zero-order valence-corrected chi connectivity index (χ0v) is 17.6. The molecule has 0 fully saturated rings. The second-order valence-corrected chi connectivity index (χ2v) is 7.73. The fraction of sp³-hybridized carbons (Fsp3) is 0.292. The van der Waals surface area contributed by atoms with Crippen LogP contribution in [-0.4, -0.2) is 22.1 Å². The molecule has 0 saturated carbocycles. The van der Waals surface area contributed by atoms with E-state index in [0.717, 1.165) is 25.8 Å². The number of benzene rings is 2. The summed E-state index contributed by atoms with van der Waals surface area (Å²) in [7, 11) is 0. The van der Waals surface area contributed by atoms with Crippen molar-refractivity contribution in [2.45, 2.75) is 44.8 Å². The van der Waals surface area contributed by atoms with Crippen LogP contribution in [0.2, 0.25) is 0 Å². The molecule has 4 rings (SSSR count). The van der Waals surface area contributed by atoms with Crippen LogP contribution in [-0.2, 0) is 13.0 Å². The molecular formula is C24H29ClN4. The Balaban J connectivity index is 0.00000240. The molecule has 0 amide bonds. The van der Waals surface area contributed by atoms with E-state index in [1.165, 1.54) is 32.8 Å². The fourth-order valence-corrected chi connectivity index (χ4v) is 3.87. The van der Waals surface area contributed by atoms with Crippen LogP contribution < -0.4 is 11.1 Å². The van der Waals surface area contributed by atoms with Gasteiger partial charge in [0.1, 0.15) is 0 Å². The van der Waals surface area contributed by atoms with Gasteiger partial charge in [0, 0.05) is 53.5 Å². The van der Waals surface area contributed by atoms with Gasteiger partial charge in [-0.2, -0.15) is 0 Å². The second-order valence-electron chi connectivity index (χ2n) is 7.73. The Morgan fingerprint density at radius 3 is 2.86 bits per heavy atom. The molecule has 4 N–H and O–H groups in total. The summed E-state index contributed by atoms with van der Waals surface area (Å²) >= 11 is 0. The molecule has 0 aliphatic carbocycles. The van der Waals surface area contributed by atoms with Crippen molar-refractivity contribution in [3.8, 4) is 0 Å². The van der Waals surface area contributed by atoms with E-state index in [0.29, 0.717) is 6.04 Å². The van der Waals surface area contributed by atoms with E-state index in [9.17, 15) is 0 Å². The lowest BCUT2D eigenvalue weighted by Crippen LogP contribution is -2.33. The first-order valence-electron chi connectivity index (χ1n) is 10.1. The molecule has 0 saturated heterocycles. The lowest BCUT2D eigenvalue weighted by atomic mass is 10.00. The molecule has 0 spiro atoms. The average Bonchev–Trinajstić information content (AvgIpc) is 3.14. The highest BCUT2D eigenvalue weighted by atomic mass is 35.5. The number of hydrogen-bond acceptors (Lipinski definition) is 3. The van der Waals surface area contributed by atoms with Gasteiger partial charge in [0.15, 0.2) is 0 Å². The van der Waals surface area contributed by atoms with E-state index in [-0.39, 0.29) is 18.4 Å². The van der Waals surface area contributed by atoms with Gasteiger partial charge in [0.05, 0.1) is 0 Å². The van der Waals surface area contributed by atoms with Crippen molar-refractivity contribution in [1.29, 1.82) is 0 Å². The lowest BCUT2D eigenvalue weighted by Gasteiger charge is -2.19. The number of aromatic amines is 1. The summed E-state index contributed by atoms with van der Waals surface area (Å²) in [6, 6.07) is 17.6. The maximum absolute atomic E-state index is 6.42. The number of nitrogens with zero attached hydrogens (tertiary/aromatic N) is 1. The summed E-state index contributed by atoms with van der Waals surface area (Å²) in [4.78, 5) is 7.52. The molecule has 2 aromatic heterocycles.